The molecule has 4 nitrogen and oxygen atoms in total. The summed E-state index contributed by atoms with van der Waals surface area (Å²) in [5, 5.41) is 13.2. The Morgan fingerprint density at radius 3 is 3.05 bits per heavy atom. The van der Waals surface area contributed by atoms with Crippen LogP contribution in [0.1, 0.15) is 35.8 Å². The Morgan fingerprint density at radius 1 is 1.52 bits per heavy atom. The molecule has 1 radical (unpaired) electrons. The van der Waals surface area contributed by atoms with E-state index in [4.69, 9.17) is 5.26 Å². The van der Waals surface area contributed by atoms with E-state index >= 15 is 0 Å². The molecule has 1 saturated heterocycles. The van der Waals surface area contributed by atoms with Crippen molar-refractivity contribution in [3.05, 3.63) is 27.7 Å². The average molecular weight is 301 g/mol. The highest BCUT2D eigenvalue weighted by Crippen LogP contribution is 2.32. The van der Waals surface area contributed by atoms with Gasteiger partial charge in [-0.3, -0.25) is 0 Å². The molecular formula is C16H21N4S. The molecule has 1 aromatic heterocycles. The number of nitriles is 1. The molecule has 2 aliphatic rings. The highest BCUT2D eigenvalue weighted by Gasteiger charge is 2.35. The fourth-order valence-electron chi connectivity index (χ4n) is 3.27. The second-order valence-electron chi connectivity index (χ2n) is 6.66. The largest absolute Gasteiger partial charge is 0.385 e. The van der Waals surface area contributed by atoms with E-state index in [2.05, 4.69) is 54.7 Å². The van der Waals surface area contributed by atoms with Crippen LogP contribution >= 0.6 is 11.3 Å². The van der Waals surface area contributed by atoms with Crippen molar-refractivity contribution in [2.45, 2.75) is 32.7 Å². The molecule has 5 heteroatoms. The summed E-state index contributed by atoms with van der Waals surface area (Å²) in [6.07, 6.45) is 6.34. The topological polar surface area (TPSA) is 52.0 Å². The van der Waals surface area contributed by atoms with Gasteiger partial charge < -0.3 is 10.2 Å². The number of hydrogen-bond donors (Lipinski definition) is 1. The first kappa shape index (κ1) is 14.6. The molecule has 0 amide bonds. The van der Waals surface area contributed by atoms with Gasteiger partial charge in [-0.2, -0.15) is 5.26 Å². The number of nitrogens with zero attached hydrogens (tertiary/aromatic N) is 3. The molecule has 0 saturated carbocycles. The predicted molar refractivity (Wildman–Crippen MR) is 85.6 cm³/mol. The molecule has 1 atom stereocenters. The molecule has 111 valence electrons. The van der Waals surface area contributed by atoms with Gasteiger partial charge in [0.1, 0.15) is 6.07 Å². The van der Waals surface area contributed by atoms with Crippen LogP contribution in [0.5, 0.6) is 0 Å². The van der Waals surface area contributed by atoms with E-state index in [9.17, 15) is 0 Å². The van der Waals surface area contributed by atoms with E-state index in [1.54, 1.807) is 0 Å². The first-order chi connectivity index (χ1) is 9.98. The number of piperidine rings is 1. The van der Waals surface area contributed by atoms with Crippen molar-refractivity contribution in [1.82, 2.24) is 15.2 Å². The third kappa shape index (κ3) is 2.97. The molecule has 0 aromatic carbocycles. The minimum Gasteiger partial charge on any atom is -0.385 e. The van der Waals surface area contributed by atoms with Crippen molar-refractivity contribution in [3.8, 4) is 6.07 Å². The molecule has 1 aliphatic heterocycles. The van der Waals surface area contributed by atoms with E-state index in [1.807, 2.05) is 0 Å². The Kier molecular flexibility index (Phi) is 3.76. The van der Waals surface area contributed by atoms with Crippen LogP contribution in [0, 0.1) is 23.2 Å². The monoisotopic (exact) mass is 301 g/mol. The number of nitrogens with one attached hydrogen (secondary N) is 1. The van der Waals surface area contributed by atoms with Crippen molar-refractivity contribution in [2.24, 2.45) is 5.41 Å². The molecule has 0 bridgehead atoms. The number of likely N-dealkylation sites (tertiary alicyclic amines) is 1. The maximum Gasteiger partial charge on any atom is 0.195 e. The molecule has 1 aliphatic carbocycles. The second-order valence-corrected chi connectivity index (χ2v) is 7.74. The van der Waals surface area contributed by atoms with Crippen LogP contribution in [0.2, 0.25) is 0 Å². The highest BCUT2D eigenvalue weighted by molar-refractivity contribution is 7.12. The minimum atomic E-state index is 0.252. The molecule has 1 N–H and O–H groups in total. The molecular weight excluding hydrogens is 280 g/mol. The Bertz CT molecular complexity index is 608. The van der Waals surface area contributed by atoms with Gasteiger partial charge in [0.05, 0.1) is 5.69 Å². The molecule has 0 spiro atoms. The van der Waals surface area contributed by atoms with Gasteiger partial charge in [-0.05, 0) is 37.9 Å². The third-order valence-electron chi connectivity index (χ3n) is 4.38. The zero-order chi connectivity index (χ0) is 15.0. The summed E-state index contributed by atoms with van der Waals surface area (Å²) in [6.45, 7) is 6.89. The van der Waals surface area contributed by atoms with Crippen LogP contribution in [0.25, 0.3) is 6.08 Å². The summed E-state index contributed by atoms with van der Waals surface area (Å²) >= 11 is 1.50. The van der Waals surface area contributed by atoms with Gasteiger partial charge in [0, 0.05) is 29.6 Å². The lowest BCUT2D eigenvalue weighted by atomic mass is 9.79. The van der Waals surface area contributed by atoms with Gasteiger partial charge in [0.15, 0.2) is 5.01 Å². The van der Waals surface area contributed by atoms with Crippen LogP contribution in [0.15, 0.2) is 5.70 Å². The van der Waals surface area contributed by atoms with Crippen LogP contribution in [0.3, 0.4) is 0 Å². The molecule has 0 unspecified atom stereocenters. The number of hydrogen-bond acceptors (Lipinski definition) is 5. The number of fused-ring (bicyclic) bond motifs is 1. The van der Waals surface area contributed by atoms with Crippen LogP contribution < -0.4 is 5.32 Å². The van der Waals surface area contributed by atoms with Gasteiger partial charge in [-0.25, -0.2) is 4.98 Å². The van der Waals surface area contributed by atoms with Crippen LogP contribution in [-0.2, 0) is 6.42 Å². The highest BCUT2D eigenvalue weighted by atomic mass is 32.1. The van der Waals surface area contributed by atoms with Gasteiger partial charge in [-0.1, -0.05) is 13.8 Å². The van der Waals surface area contributed by atoms with Crippen molar-refractivity contribution in [2.75, 3.05) is 20.1 Å². The number of aromatic nitrogens is 1. The van der Waals surface area contributed by atoms with E-state index in [0.717, 1.165) is 37.3 Å². The van der Waals surface area contributed by atoms with Crippen LogP contribution in [-0.4, -0.2) is 36.1 Å². The van der Waals surface area contributed by atoms with Crippen molar-refractivity contribution in [3.63, 3.8) is 0 Å². The maximum atomic E-state index is 8.95. The second kappa shape index (κ2) is 5.43. The Labute approximate surface area is 130 Å². The fraction of sp³-hybridized carbons (Fsp3) is 0.562. The quantitative estimate of drug-likeness (QED) is 0.911. The standard InChI is InChI=1S/C16H21N4S/c1-16(2)10-20(3)7-6-14(16)18-11-4-5-13-12(8-11)19-15(9-17)21-13/h4,8,14,18H,5-7,10H2,1-3H3/t14-/m0/s1. The average Bonchev–Trinajstić information content (AvgIpc) is 2.83. The smallest absolute Gasteiger partial charge is 0.195 e. The summed E-state index contributed by atoms with van der Waals surface area (Å²) in [4.78, 5) is 7.97. The summed E-state index contributed by atoms with van der Waals surface area (Å²) < 4.78 is 0. The summed E-state index contributed by atoms with van der Waals surface area (Å²) in [7, 11) is 2.19. The molecule has 1 aromatic rings. The van der Waals surface area contributed by atoms with Gasteiger partial charge >= 0.3 is 0 Å². The fourth-order valence-corrected chi connectivity index (χ4v) is 4.07. The Hall–Kier alpha value is -1.38. The number of rotatable bonds is 2. The third-order valence-corrected chi connectivity index (χ3v) is 5.38. The maximum absolute atomic E-state index is 8.95. The minimum absolute atomic E-state index is 0.252. The van der Waals surface area contributed by atoms with Crippen LogP contribution in [0.4, 0.5) is 0 Å². The lowest BCUT2D eigenvalue weighted by Crippen LogP contribution is -2.53. The van der Waals surface area contributed by atoms with E-state index < -0.39 is 0 Å². The lowest BCUT2D eigenvalue weighted by Gasteiger charge is -2.44. The molecule has 3 rings (SSSR count). The van der Waals surface area contributed by atoms with Gasteiger partial charge in [0.2, 0.25) is 0 Å². The lowest BCUT2D eigenvalue weighted by molar-refractivity contribution is 0.102. The van der Waals surface area contributed by atoms with Crippen molar-refractivity contribution in [1.29, 1.82) is 5.26 Å². The SMILES string of the molecule is CN1CC[C@H](NC2=Cc3nc(C#N)sc3C[CH]2)C(C)(C)C1. The summed E-state index contributed by atoms with van der Waals surface area (Å²) in [5.41, 5.74) is 2.37. The predicted octanol–water partition coefficient (Wildman–Crippen LogP) is 2.44. The van der Waals surface area contributed by atoms with Crippen molar-refractivity contribution < 1.29 is 0 Å². The van der Waals surface area contributed by atoms with E-state index in [-0.39, 0.29) is 5.41 Å². The van der Waals surface area contributed by atoms with Gasteiger partial charge in [-0.15, -0.1) is 11.3 Å². The number of allylic oxidation sites excluding steroid dienone is 1. The number of thiazole rings is 1. The Morgan fingerprint density at radius 2 is 2.33 bits per heavy atom. The van der Waals surface area contributed by atoms with E-state index in [0.29, 0.717) is 11.0 Å². The first-order valence-corrected chi connectivity index (χ1v) is 8.19. The van der Waals surface area contributed by atoms with E-state index in [1.165, 1.54) is 16.2 Å². The van der Waals surface area contributed by atoms with Crippen molar-refractivity contribution >= 4 is 17.4 Å². The summed E-state index contributed by atoms with van der Waals surface area (Å²) in [5.74, 6) is 0. The van der Waals surface area contributed by atoms with Gasteiger partial charge in [0.25, 0.3) is 0 Å². The normalized spacial score (nSPS) is 24.9. The molecule has 21 heavy (non-hydrogen) atoms. The first-order valence-electron chi connectivity index (χ1n) is 7.38. The zero-order valence-corrected chi connectivity index (χ0v) is 13.6. The molecule has 2 heterocycles. The molecule has 1 fully saturated rings. The summed E-state index contributed by atoms with van der Waals surface area (Å²) in [6, 6.07) is 2.62. The Balaban J connectivity index is 1.75. The zero-order valence-electron chi connectivity index (χ0n) is 12.8.